The number of aromatic nitrogens is 1. The van der Waals surface area contributed by atoms with E-state index >= 15 is 0 Å². The fourth-order valence-electron chi connectivity index (χ4n) is 1.69. The van der Waals surface area contributed by atoms with Crippen molar-refractivity contribution in [2.24, 2.45) is 0 Å². The second-order valence-electron chi connectivity index (χ2n) is 3.57. The van der Waals surface area contributed by atoms with Crippen molar-refractivity contribution in [1.29, 1.82) is 0 Å². The van der Waals surface area contributed by atoms with Crippen LogP contribution in [0, 0.1) is 0 Å². The largest absolute Gasteiger partial charge is 0.504 e. The number of rotatable bonds is 2. The van der Waals surface area contributed by atoms with E-state index in [1.807, 2.05) is 6.07 Å². The van der Waals surface area contributed by atoms with Crippen LogP contribution < -0.4 is 0 Å². The highest BCUT2D eigenvalue weighted by molar-refractivity contribution is 5.87. The van der Waals surface area contributed by atoms with Crippen LogP contribution in [0.15, 0.2) is 24.4 Å². The number of hydrogen-bond donors (Lipinski definition) is 2. The van der Waals surface area contributed by atoms with Crippen molar-refractivity contribution >= 4 is 23.2 Å². The summed E-state index contributed by atoms with van der Waals surface area (Å²) in [6.07, 6.45) is 3.61. The molecule has 0 fully saturated rings. The zero-order valence-electron chi connectivity index (χ0n) is 8.97. The predicted octanol–water partition coefficient (Wildman–Crippen LogP) is 3.02. The van der Waals surface area contributed by atoms with Crippen molar-refractivity contribution in [3.05, 3.63) is 30.1 Å². The first-order chi connectivity index (χ1) is 7.22. The molecule has 0 spiro atoms. The Labute approximate surface area is 100 Å². The van der Waals surface area contributed by atoms with Crippen LogP contribution in [0.4, 0.5) is 0 Å². The number of halogens is 1. The first-order valence-corrected chi connectivity index (χ1v) is 5.02. The lowest BCUT2D eigenvalue weighted by atomic mass is 10.1. The molecule has 0 aliphatic rings. The molecule has 2 N–H and O–H groups in total. The summed E-state index contributed by atoms with van der Waals surface area (Å²) in [4.78, 5) is 4.27. The lowest BCUT2D eigenvalue weighted by molar-refractivity contribution is 0.405. The fraction of sp³-hybridized carbons (Fsp3) is 0.250. The van der Waals surface area contributed by atoms with E-state index in [9.17, 15) is 10.2 Å². The van der Waals surface area contributed by atoms with Crippen LogP contribution in [0.25, 0.3) is 10.8 Å². The lowest BCUT2D eigenvalue weighted by Gasteiger charge is -2.06. The van der Waals surface area contributed by atoms with Gasteiger partial charge in [0.1, 0.15) is 0 Å². The molecular formula is C12H14ClNO2. The van der Waals surface area contributed by atoms with Gasteiger partial charge in [0.2, 0.25) is 0 Å². The van der Waals surface area contributed by atoms with Crippen LogP contribution in [-0.2, 0) is 6.42 Å². The number of phenols is 2. The Hall–Kier alpha value is -1.48. The molecule has 2 rings (SSSR count). The van der Waals surface area contributed by atoms with Gasteiger partial charge in [-0.3, -0.25) is 4.98 Å². The third kappa shape index (κ3) is 2.19. The van der Waals surface area contributed by atoms with Crippen LogP contribution >= 0.6 is 12.4 Å². The number of aryl methyl sites for hydroxylation is 1. The highest BCUT2D eigenvalue weighted by Crippen LogP contribution is 2.31. The molecule has 1 heterocycles. The minimum Gasteiger partial charge on any atom is -0.504 e. The van der Waals surface area contributed by atoms with Gasteiger partial charge in [-0.05, 0) is 30.0 Å². The van der Waals surface area contributed by atoms with Crippen molar-refractivity contribution < 1.29 is 10.2 Å². The number of hydrogen-bond acceptors (Lipinski definition) is 3. The van der Waals surface area contributed by atoms with E-state index in [1.165, 1.54) is 0 Å². The Kier molecular flexibility index (Phi) is 3.96. The van der Waals surface area contributed by atoms with E-state index < -0.39 is 0 Å². The summed E-state index contributed by atoms with van der Waals surface area (Å²) in [6, 6.07) is 4.96. The molecule has 0 saturated carbocycles. The zero-order valence-corrected chi connectivity index (χ0v) is 9.79. The summed E-state index contributed by atoms with van der Waals surface area (Å²) in [5.74, 6) is -0.177. The molecule has 0 aliphatic heterocycles. The number of fused-ring (bicyclic) bond motifs is 1. The average molecular weight is 240 g/mol. The van der Waals surface area contributed by atoms with Gasteiger partial charge in [-0.15, -0.1) is 12.4 Å². The van der Waals surface area contributed by atoms with Gasteiger partial charge in [-0.2, -0.15) is 0 Å². The molecule has 86 valence electrons. The predicted molar refractivity (Wildman–Crippen MR) is 66.3 cm³/mol. The molecular weight excluding hydrogens is 226 g/mol. The van der Waals surface area contributed by atoms with E-state index in [2.05, 4.69) is 11.9 Å². The monoisotopic (exact) mass is 239 g/mol. The summed E-state index contributed by atoms with van der Waals surface area (Å²) in [5, 5.41) is 20.6. The molecule has 1 aromatic heterocycles. The van der Waals surface area contributed by atoms with Crippen molar-refractivity contribution in [3.8, 4) is 11.5 Å². The molecule has 0 radical (unpaired) electrons. The molecule has 0 unspecified atom stereocenters. The minimum absolute atomic E-state index is 0. The van der Waals surface area contributed by atoms with Crippen LogP contribution in [-0.4, -0.2) is 15.2 Å². The van der Waals surface area contributed by atoms with Crippen LogP contribution in [0.3, 0.4) is 0 Å². The molecule has 1 aromatic carbocycles. The Morgan fingerprint density at radius 1 is 1.19 bits per heavy atom. The fourth-order valence-corrected chi connectivity index (χ4v) is 1.69. The maximum absolute atomic E-state index is 9.43. The van der Waals surface area contributed by atoms with Gasteiger partial charge in [0.15, 0.2) is 11.5 Å². The van der Waals surface area contributed by atoms with Gasteiger partial charge >= 0.3 is 0 Å². The van der Waals surface area contributed by atoms with Crippen LogP contribution in [0.2, 0.25) is 0 Å². The molecule has 16 heavy (non-hydrogen) atoms. The summed E-state index contributed by atoms with van der Waals surface area (Å²) in [7, 11) is 0. The molecule has 0 amide bonds. The van der Waals surface area contributed by atoms with E-state index in [0.29, 0.717) is 0 Å². The SMILES string of the molecule is CCCc1nccc2cc(O)c(O)cc12.Cl. The third-order valence-corrected chi connectivity index (χ3v) is 2.43. The number of phenolic OH excluding ortho intramolecular Hbond substituents is 2. The first kappa shape index (κ1) is 12.6. The first-order valence-electron chi connectivity index (χ1n) is 5.02. The van der Waals surface area contributed by atoms with Gasteiger partial charge in [-0.1, -0.05) is 13.3 Å². The Bertz CT molecular complexity index is 500. The molecule has 0 saturated heterocycles. The van der Waals surface area contributed by atoms with E-state index in [0.717, 1.165) is 29.3 Å². The van der Waals surface area contributed by atoms with E-state index in [-0.39, 0.29) is 23.9 Å². The van der Waals surface area contributed by atoms with Crippen molar-refractivity contribution in [1.82, 2.24) is 4.98 Å². The maximum Gasteiger partial charge on any atom is 0.158 e. The van der Waals surface area contributed by atoms with Gasteiger partial charge < -0.3 is 10.2 Å². The van der Waals surface area contributed by atoms with Crippen LogP contribution in [0.1, 0.15) is 19.0 Å². The second kappa shape index (κ2) is 5.03. The highest BCUT2D eigenvalue weighted by Gasteiger charge is 2.06. The Morgan fingerprint density at radius 2 is 1.88 bits per heavy atom. The summed E-state index contributed by atoms with van der Waals surface area (Å²) in [6.45, 7) is 2.08. The van der Waals surface area contributed by atoms with Gasteiger partial charge in [0.25, 0.3) is 0 Å². The van der Waals surface area contributed by atoms with Gasteiger partial charge in [0.05, 0.1) is 0 Å². The van der Waals surface area contributed by atoms with E-state index in [4.69, 9.17) is 0 Å². The summed E-state index contributed by atoms with van der Waals surface area (Å²) < 4.78 is 0. The summed E-state index contributed by atoms with van der Waals surface area (Å²) in [5.41, 5.74) is 0.963. The quantitative estimate of drug-likeness (QED) is 0.792. The topological polar surface area (TPSA) is 53.4 Å². The van der Waals surface area contributed by atoms with Gasteiger partial charge in [0, 0.05) is 17.3 Å². The number of pyridine rings is 1. The highest BCUT2D eigenvalue weighted by atomic mass is 35.5. The molecule has 0 atom stereocenters. The molecule has 2 aromatic rings. The molecule has 0 bridgehead atoms. The number of benzene rings is 1. The molecule has 3 nitrogen and oxygen atoms in total. The normalized spacial score (nSPS) is 10.1. The summed E-state index contributed by atoms with van der Waals surface area (Å²) >= 11 is 0. The number of nitrogens with zero attached hydrogens (tertiary/aromatic N) is 1. The average Bonchev–Trinajstić information content (AvgIpc) is 2.21. The van der Waals surface area contributed by atoms with Gasteiger partial charge in [-0.25, -0.2) is 0 Å². The van der Waals surface area contributed by atoms with Crippen molar-refractivity contribution in [3.63, 3.8) is 0 Å². The second-order valence-corrected chi connectivity index (χ2v) is 3.57. The zero-order chi connectivity index (χ0) is 10.8. The van der Waals surface area contributed by atoms with Crippen LogP contribution in [0.5, 0.6) is 11.5 Å². The standard InChI is InChI=1S/C12H13NO2.ClH/c1-2-3-10-9-7-12(15)11(14)6-8(9)4-5-13-10;/h4-7,14-15H,2-3H2,1H3;1H. The van der Waals surface area contributed by atoms with Crippen molar-refractivity contribution in [2.75, 3.05) is 0 Å². The maximum atomic E-state index is 9.43. The van der Waals surface area contributed by atoms with Crippen molar-refractivity contribution in [2.45, 2.75) is 19.8 Å². The lowest BCUT2D eigenvalue weighted by Crippen LogP contribution is -1.90. The Balaban J connectivity index is 0.00000128. The number of aromatic hydroxyl groups is 2. The molecule has 4 heteroatoms. The molecule has 0 aliphatic carbocycles. The smallest absolute Gasteiger partial charge is 0.158 e. The minimum atomic E-state index is -0.0900. The third-order valence-electron chi connectivity index (χ3n) is 2.43. The van der Waals surface area contributed by atoms with E-state index in [1.54, 1.807) is 18.3 Å². The Morgan fingerprint density at radius 3 is 2.56 bits per heavy atom.